The second kappa shape index (κ2) is 7.33. The lowest BCUT2D eigenvalue weighted by Gasteiger charge is -2.07. The van der Waals surface area contributed by atoms with Crippen LogP contribution in [0.5, 0.6) is 5.75 Å². The number of benzene rings is 2. The quantitative estimate of drug-likeness (QED) is 0.478. The summed E-state index contributed by atoms with van der Waals surface area (Å²) >= 11 is 7.53. The summed E-state index contributed by atoms with van der Waals surface area (Å²) in [6.07, 6.45) is 1.91. The van der Waals surface area contributed by atoms with Crippen molar-refractivity contribution in [3.05, 3.63) is 58.6 Å². The number of thioether (sulfide) groups is 1. The average Bonchev–Trinajstić information content (AvgIpc) is 2.55. The van der Waals surface area contributed by atoms with E-state index >= 15 is 0 Å². The van der Waals surface area contributed by atoms with E-state index < -0.39 is 11.9 Å². The van der Waals surface area contributed by atoms with Gasteiger partial charge in [0.1, 0.15) is 5.75 Å². The minimum atomic E-state index is -0.549. The molecule has 0 unspecified atom stereocenters. The third-order valence-corrected chi connectivity index (χ3v) is 3.93. The van der Waals surface area contributed by atoms with E-state index in [2.05, 4.69) is 4.74 Å². The van der Waals surface area contributed by atoms with E-state index in [4.69, 9.17) is 16.3 Å². The molecule has 0 atom stereocenters. The lowest BCUT2D eigenvalue weighted by Crippen LogP contribution is -2.09. The number of ether oxygens (including phenoxy) is 2. The first kappa shape index (κ1) is 16.4. The van der Waals surface area contributed by atoms with Crippen LogP contribution in [0.4, 0.5) is 0 Å². The predicted octanol–water partition coefficient (Wildman–Crippen LogP) is 4.07. The van der Waals surface area contributed by atoms with Gasteiger partial charge in [0.05, 0.1) is 23.3 Å². The summed E-state index contributed by atoms with van der Waals surface area (Å²) in [5, 5.41) is 0.328. The van der Waals surface area contributed by atoms with Crippen molar-refractivity contribution in [1.82, 2.24) is 0 Å². The van der Waals surface area contributed by atoms with Crippen molar-refractivity contribution in [3.63, 3.8) is 0 Å². The molecule has 0 spiro atoms. The van der Waals surface area contributed by atoms with E-state index in [1.54, 1.807) is 12.1 Å². The van der Waals surface area contributed by atoms with Crippen LogP contribution < -0.4 is 4.74 Å². The molecular formula is C16H13ClO4S. The van der Waals surface area contributed by atoms with Crippen LogP contribution in [0.15, 0.2) is 47.4 Å². The minimum Gasteiger partial charge on any atom is -0.465 e. The molecule has 0 heterocycles. The Morgan fingerprint density at radius 3 is 2.32 bits per heavy atom. The van der Waals surface area contributed by atoms with Crippen LogP contribution in [0.25, 0.3) is 0 Å². The van der Waals surface area contributed by atoms with Crippen LogP contribution in [0.3, 0.4) is 0 Å². The van der Waals surface area contributed by atoms with Gasteiger partial charge in [-0.05, 0) is 48.7 Å². The number of esters is 2. The van der Waals surface area contributed by atoms with Crippen molar-refractivity contribution in [2.75, 3.05) is 13.4 Å². The Balaban J connectivity index is 2.17. The lowest BCUT2D eigenvalue weighted by atomic mass is 10.2. The molecule has 0 saturated heterocycles. The van der Waals surface area contributed by atoms with Gasteiger partial charge < -0.3 is 9.47 Å². The van der Waals surface area contributed by atoms with Crippen LogP contribution in [0, 0.1) is 0 Å². The molecule has 2 aromatic carbocycles. The van der Waals surface area contributed by atoms with E-state index in [0.29, 0.717) is 21.9 Å². The monoisotopic (exact) mass is 336 g/mol. The molecule has 0 aromatic heterocycles. The highest BCUT2D eigenvalue weighted by molar-refractivity contribution is 7.98. The van der Waals surface area contributed by atoms with Crippen molar-refractivity contribution in [3.8, 4) is 5.75 Å². The summed E-state index contributed by atoms with van der Waals surface area (Å²) in [7, 11) is 1.30. The Kier molecular flexibility index (Phi) is 5.46. The Labute approximate surface area is 137 Å². The molecule has 2 rings (SSSR count). The van der Waals surface area contributed by atoms with E-state index in [1.165, 1.54) is 43.1 Å². The molecule has 0 N–H and O–H groups in total. The zero-order valence-electron chi connectivity index (χ0n) is 12.0. The zero-order chi connectivity index (χ0) is 16.1. The van der Waals surface area contributed by atoms with Gasteiger partial charge in [-0.15, -0.1) is 11.8 Å². The Morgan fingerprint density at radius 2 is 1.73 bits per heavy atom. The number of rotatable bonds is 4. The number of hydrogen-bond donors (Lipinski definition) is 0. The Bertz CT molecular complexity index is 698. The van der Waals surface area contributed by atoms with Gasteiger partial charge >= 0.3 is 11.9 Å². The fraction of sp³-hybridized carbons (Fsp3) is 0.125. The average molecular weight is 337 g/mol. The number of hydrogen-bond acceptors (Lipinski definition) is 5. The molecule has 0 aliphatic rings. The van der Waals surface area contributed by atoms with Crippen LogP contribution >= 0.6 is 23.4 Å². The van der Waals surface area contributed by atoms with Gasteiger partial charge in [-0.3, -0.25) is 0 Å². The van der Waals surface area contributed by atoms with Gasteiger partial charge in [0, 0.05) is 4.90 Å². The molecule has 4 nitrogen and oxygen atoms in total. The van der Waals surface area contributed by atoms with Crippen LogP contribution in [0.1, 0.15) is 20.7 Å². The summed E-state index contributed by atoms with van der Waals surface area (Å²) in [5.41, 5.74) is 0.676. The second-order valence-corrected chi connectivity index (χ2v) is 5.54. The first-order valence-electron chi connectivity index (χ1n) is 6.29. The lowest BCUT2D eigenvalue weighted by molar-refractivity contribution is 0.0600. The van der Waals surface area contributed by atoms with Gasteiger partial charge in [-0.1, -0.05) is 11.6 Å². The highest BCUT2D eigenvalue weighted by Gasteiger charge is 2.14. The Hall–Kier alpha value is -1.98. The normalized spacial score (nSPS) is 10.1. The molecule has 6 heteroatoms. The fourth-order valence-electron chi connectivity index (χ4n) is 1.73. The molecule has 2 aromatic rings. The highest BCUT2D eigenvalue weighted by atomic mass is 35.5. The third-order valence-electron chi connectivity index (χ3n) is 2.88. The number of carbonyl (C=O) groups excluding carboxylic acids is 2. The zero-order valence-corrected chi connectivity index (χ0v) is 13.5. The minimum absolute atomic E-state index is 0.297. The summed E-state index contributed by atoms with van der Waals surface area (Å²) in [6, 6.07) is 11.3. The third kappa shape index (κ3) is 3.81. The predicted molar refractivity (Wildman–Crippen MR) is 86.0 cm³/mol. The molecule has 0 amide bonds. The number of halogens is 1. The first-order valence-corrected chi connectivity index (χ1v) is 7.89. The summed E-state index contributed by atoms with van der Waals surface area (Å²) in [6.45, 7) is 0. The summed E-state index contributed by atoms with van der Waals surface area (Å²) in [4.78, 5) is 24.4. The molecule has 0 radical (unpaired) electrons. The van der Waals surface area contributed by atoms with Crippen molar-refractivity contribution in [2.45, 2.75) is 4.90 Å². The van der Waals surface area contributed by atoms with E-state index in [9.17, 15) is 9.59 Å². The van der Waals surface area contributed by atoms with Gasteiger partial charge in [0.25, 0.3) is 0 Å². The molecule has 0 fully saturated rings. The van der Waals surface area contributed by atoms with E-state index in [1.807, 2.05) is 12.3 Å². The van der Waals surface area contributed by atoms with Crippen LogP contribution in [0.2, 0.25) is 5.02 Å². The molecule has 0 aliphatic heterocycles. The van der Waals surface area contributed by atoms with Gasteiger partial charge in [-0.2, -0.15) is 0 Å². The molecule has 22 heavy (non-hydrogen) atoms. The largest absolute Gasteiger partial charge is 0.465 e. The first-order chi connectivity index (χ1) is 10.5. The van der Waals surface area contributed by atoms with Crippen molar-refractivity contribution in [1.29, 1.82) is 0 Å². The maximum absolute atomic E-state index is 12.2. The topological polar surface area (TPSA) is 52.6 Å². The molecule has 0 bridgehead atoms. The smallest absolute Gasteiger partial charge is 0.345 e. The second-order valence-electron chi connectivity index (χ2n) is 4.25. The SMILES string of the molecule is COC(=O)c1ccc(OC(=O)c2cc(SC)ccc2Cl)cc1. The summed E-state index contributed by atoms with van der Waals surface area (Å²) in [5.74, 6) is -0.677. The summed E-state index contributed by atoms with van der Waals surface area (Å²) < 4.78 is 9.87. The van der Waals surface area contributed by atoms with Crippen molar-refractivity contribution in [2.24, 2.45) is 0 Å². The number of methoxy groups -OCH3 is 1. The standard InChI is InChI=1S/C16H13ClO4S/c1-20-15(18)10-3-5-11(6-4-10)21-16(19)13-9-12(22-2)7-8-14(13)17/h3-9H,1-2H3. The van der Waals surface area contributed by atoms with Gasteiger partial charge in [0.2, 0.25) is 0 Å². The number of carbonyl (C=O) groups is 2. The Morgan fingerprint density at radius 1 is 1.05 bits per heavy atom. The molecule has 0 saturated carbocycles. The van der Waals surface area contributed by atoms with E-state index in [0.717, 1.165) is 4.90 Å². The highest BCUT2D eigenvalue weighted by Crippen LogP contribution is 2.24. The fourth-order valence-corrected chi connectivity index (χ4v) is 2.36. The molecule has 0 aliphatic carbocycles. The molecular weight excluding hydrogens is 324 g/mol. The molecule has 114 valence electrons. The van der Waals surface area contributed by atoms with E-state index in [-0.39, 0.29) is 0 Å². The van der Waals surface area contributed by atoms with Crippen molar-refractivity contribution >= 4 is 35.3 Å². The maximum Gasteiger partial charge on any atom is 0.345 e. The van der Waals surface area contributed by atoms with Gasteiger partial charge in [-0.25, -0.2) is 9.59 Å². The van der Waals surface area contributed by atoms with Gasteiger partial charge in [0.15, 0.2) is 0 Å². The maximum atomic E-state index is 12.2. The van der Waals surface area contributed by atoms with Crippen LogP contribution in [-0.2, 0) is 4.74 Å². The van der Waals surface area contributed by atoms with Crippen LogP contribution in [-0.4, -0.2) is 25.3 Å². The van der Waals surface area contributed by atoms with Crippen molar-refractivity contribution < 1.29 is 19.1 Å².